The van der Waals surface area contributed by atoms with Crippen molar-refractivity contribution in [3.63, 3.8) is 0 Å². The Hall–Kier alpha value is -1.52. The third-order valence-corrected chi connectivity index (χ3v) is 1.70. The number of hydrogen-bond acceptors (Lipinski definition) is 2. The number of rotatable bonds is 3. The van der Waals surface area contributed by atoms with Crippen LogP contribution in [0.5, 0.6) is 0 Å². The van der Waals surface area contributed by atoms with Gasteiger partial charge in [0, 0.05) is 33.3 Å². The van der Waals surface area contributed by atoms with E-state index < -0.39 is 0 Å². The van der Waals surface area contributed by atoms with E-state index in [0.29, 0.717) is 5.96 Å². The average molecular weight is 181 g/mol. The van der Waals surface area contributed by atoms with Gasteiger partial charge in [-0.1, -0.05) is 0 Å². The Balaban J connectivity index is 2.28. The molecule has 0 aliphatic carbocycles. The zero-order chi connectivity index (χ0) is 9.68. The molecule has 72 valence electrons. The van der Waals surface area contributed by atoms with Crippen molar-refractivity contribution in [3.8, 4) is 0 Å². The van der Waals surface area contributed by atoms with Crippen LogP contribution in [0.2, 0.25) is 0 Å². The summed E-state index contributed by atoms with van der Waals surface area (Å²) in [5.74, 6) is 0.468. The lowest BCUT2D eigenvalue weighted by molar-refractivity contribution is 0.730. The van der Waals surface area contributed by atoms with E-state index in [2.05, 4.69) is 15.4 Å². The minimum absolute atomic E-state index is 0.468. The van der Waals surface area contributed by atoms with Crippen LogP contribution in [-0.2, 0) is 13.5 Å². The van der Waals surface area contributed by atoms with Gasteiger partial charge in [0.2, 0.25) is 0 Å². The topological polar surface area (TPSA) is 68.2 Å². The van der Waals surface area contributed by atoms with E-state index in [0.717, 1.165) is 18.7 Å². The number of nitrogens with zero attached hydrogens (tertiary/aromatic N) is 3. The molecule has 0 atom stereocenters. The van der Waals surface area contributed by atoms with Gasteiger partial charge < -0.3 is 11.1 Å². The lowest BCUT2D eigenvalue weighted by atomic mass is 10.3. The SMILES string of the molecule is CN=C(N)NCCc1ccn(C)n1. The molecule has 0 spiro atoms. The molecule has 0 aromatic carbocycles. The molecule has 3 N–H and O–H groups in total. The summed E-state index contributed by atoms with van der Waals surface area (Å²) in [6.07, 6.45) is 2.78. The van der Waals surface area contributed by atoms with Crippen molar-refractivity contribution in [1.29, 1.82) is 0 Å². The molecule has 0 fully saturated rings. The van der Waals surface area contributed by atoms with E-state index >= 15 is 0 Å². The van der Waals surface area contributed by atoms with Crippen LogP contribution in [0.1, 0.15) is 5.69 Å². The number of guanidine groups is 1. The third-order valence-electron chi connectivity index (χ3n) is 1.70. The molecule has 0 saturated carbocycles. The molecule has 1 aromatic heterocycles. The molecule has 0 amide bonds. The van der Waals surface area contributed by atoms with Crippen LogP contribution in [0.4, 0.5) is 0 Å². The molecule has 0 aliphatic rings. The zero-order valence-electron chi connectivity index (χ0n) is 7.99. The molecule has 0 unspecified atom stereocenters. The van der Waals surface area contributed by atoms with Crippen LogP contribution in [0.15, 0.2) is 17.3 Å². The monoisotopic (exact) mass is 181 g/mol. The predicted octanol–water partition coefficient (Wildman–Crippen LogP) is -0.503. The maximum atomic E-state index is 5.46. The van der Waals surface area contributed by atoms with Crippen molar-refractivity contribution >= 4 is 5.96 Å². The maximum Gasteiger partial charge on any atom is 0.188 e. The van der Waals surface area contributed by atoms with E-state index in [1.165, 1.54) is 0 Å². The lowest BCUT2D eigenvalue weighted by Crippen LogP contribution is -2.32. The van der Waals surface area contributed by atoms with E-state index in [1.807, 2.05) is 19.3 Å². The Kier molecular flexibility index (Phi) is 3.31. The molecule has 5 nitrogen and oxygen atoms in total. The minimum atomic E-state index is 0.468. The first kappa shape index (κ1) is 9.57. The van der Waals surface area contributed by atoms with Crippen LogP contribution in [-0.4, -0.2) is 29.3 Å². The molecular weight excluding hydrogens is 166 g/mol. The standard InChI is InChI=1S/C8H15N5/c1-10-8(9)11-5-3-7-4-6-13(2)12-7/h4,6H,3,5H2,1-2H3,(H3,9,10,11). The van der Waals surface area contributed by atoms with Crippen molar-refractivity contribution in [2.24, 2.45) is 17.8 Å². The molecule has 1 aromatic rings. The number of aromatic nitrogens is 2. The summed E-state index contributed by atoms with van der Waals surface area (Å²) >= 11 is 0. The fourth-order valence-electron chi connectivity index (χ4n) is 0.994. The highest BCUT2D eigenvalue weighted by atomic mass is 15.2. The van der Waals surface area contributed by atoms with Crippen molar-refractivity contribution in [2.75, 3.05) is 13.6 Å². The van der Waals surface area contributed by atoms with Crippen LogP contribution in [0.25, 0.3) is 0 Å². The van der Waals surface area contributed by atoms with Gasteiger partial charge in [-0.3, -0.25) is 9.67 Å². The summed E-state index contributed by atoms with van der Waals surface area (Å²) in [5.41, 5.74) is 6.51. The first-order chi connectivity index (χ1) is 6.22. The van der Waals surface area contributed by atoms with Crippen LogP contribution < -0.4 is 11.1 Å². The van der Waals surface area contributed by atoms with Gasteiger partial charge in [0.1, 0.15) is 0 Å². The first-order valence-electron chi connectivity index (χ1n) is 4.17. The highest BCUT2D eigenvalue weighted by Gasteiger charge is 1.96. The Bertz CT molecular complexity index is 288. The number of aliphatic imine (C=N–C) groups is 1. The Morgan fingerprint density at radius 3 is 3.08 bits per heavy atom. The van der Waals surface area contributed by atoms with Gasteiger partial charge in [-0.15, -0.1) is 0 Å². The smallest absolute Gasteiger partial charge is 0.188 e. The molecule has 13 heavy (non-hydrogen) atoms. The predicted molar refractivity (Wildman–Crippen MR) is 52.5 cm³/mol. The lowest BCUT2D eigenvalue weighted by Gasteiger charge is -2.01. The molecular formula is C8H15N5. The quantitative estimate of drug-likeness (QED) is 0.488. The zero-order valence-corrected chi connectivity index (χ0v) is 7.99. The summed E-state index contributed by atoms with van der Waals surface area (Å²) in [7, 11) is 3.56. The maximum absolute atomic E-state index is 5.46. The highest BCUT2D eigenvalue weighted by molar-refractivity contribution is 5.77. The second-order valence-electron chi connectivity index (χ2n) is 2.77. The molecule has 1 rings (SSSR count). The average Bonchev–Trinajstić information content (AvgIpc) is 2.51. The normalized spacial score (nSPS) is 11.7. The molecule has 0 aliphatic heterocycles. The second kappa shape index (κ2) is 4.49. The van der Waals surface area contributed by atoms with E-state index in [9.17, 15) is 0 Å². The van der Waals surface area contributed by atoms with Crippen molar-refractivity contribution in [1.82, 2.24) is 15.1 Å². The minimum Gasteiger partial charge on any atom is -0.370 e. The second-order valence-corrected chi connectivity index (χ2v) is 2.77. The van der Waals surface area contributed by atoms with Gasteiger partial charge in [-0.2, -0.15) is 5.10 Å². The van der Waals surface area contributed by atoms with Crippen LogP contribution in [0, 0.1) is 0 Å². The largest absolute Gasteiger partial charge is 0.370 e. The van der Waals surface area contributed by atoms with Crippen LogP contribution in [0.3, 0.4) is 0 Å². The van der Waals surface area contributed by atoms with Gasteiger partial charge in [0.25, 0.3) is 0 Å². The van der Waals surface area contributed by atoms with E-state index in [4.69, 9.17) is 5.73 Å². The van der Waals surface area contributed by atoms with Crippen molar-refractivity contribution in [2.45, 2.75) is 6.42 Å². The van der Waals surface area contributed by atoms with E-state index in [1.54, 1.807) is 11.7 Å². The number of nitrogens with one attached hydrogen (secondary N) is 1. The fourth-order valence-corrected chi connectivity index (χ4v) is 0.994. The molecule has 5 heteroatoms. The van der Waals surface area contributed by atoms with Gasteiger partial charge in [-0.05, 0) is 6.07 Å². The summed E-state index contributed by atoms with van der Waals surface area (Å²) in [6.45, 7) is 0.764. The van der Waals surface area contributed by atoms with Gasteiger partial charge in [0.05, 0.1) is 5.69 Å². The molecule has 1 heterocycles. The van der Waals surface area contributed by atoms with Crippen molar-refractivity contribution in [3.05, 3.63) is 18.0 Å². The molecule has 0 saturated heterocycles. The Labute approximate surface area is 77.6 Å². The van der Waals surface area contributed by atoms with Gasteiger partial charge >= 0.3 is 0 Å². The molecule has 0 radical (unpaired) electrons. The number of nitrogens with two attached hydrogens (primary N) is 1. The number of aryl methyl sites for hydroxylation is 1. The highest BCUT2D eigenvalue weighted by Crippen LogP contribution is 1.93. The summed E-state index contributed by atoms with van der Waals surface area (Å²) < 4.78 is 1.78. The van der Waals surface area contributed by atoms with Crippen molar-refractivity contribution < 1.29 is 0 Å². The summed E-state index contributed by atoms with van der Waals surface area (Å²) in [5, 5.41) is 7.20. The first-order valence-corrected chi connectivity index (χ1v) is 4.17. The molecule has 0 bridgehead atoms. The van der Waals surface area contributed by atoms with Gasteiger partial charge in [-0.25, -0.2) is 0 Å². The van der Waals surface area contributed by atoms with Gasteiger partial charge in [0.15, 0.2) is 5.96 Å². The number of hydrogen-bond donors (Lipinski definition) is 2. The van der Waals surface area contributed by atoms with E-state index in [-0.39, 0.29) is 0 Å². The third kappa shape index (κ3) is 3.14. The Morgan fingerprint density at radius 1 is 1.77 bits per heavy atom. The van der Waals surface area contributed by atoms with Crippen LogP contribution >= 0.6 is 0 Å². The fraction of sp³-hybridized carbons (Fsp3) is 0.500. The summed E-state index contributed by atoms with van der Waals surface area (Å²) in [6, 6.07) is 1.99. The Morgan fingerprint density at radius 2 is 2.54 bits per heavy atom. The summed E-state index contributed by atoms with van der Waals surface area (Å²) in [4.78, 5) is 3.78.